The number of nitrogens with zero attached hydrogens (tertiary/aromatic N) is 1. The minimum Gasteiger partial charge on any atom is -0.395 e. The summed E-state index contributed by atoms with van der Waals surface area (Å²) in [4.78, 5) is 14.0. The summed E-state index contributed by atoms with van der Waals surface area (Å²) in [7, 11) is 0. The van der Waals surface area contributed by atoms with Crippen molar-refractivity contribution < 1.29 is 14.3 Å². The van der Waals surface area contributed by atoms with E-state index in [2.05, 4.69) is 5.32 Å². The summed E-state index contributed by atoms with van der Waals surface area (Å²) in [5, 5.41) is 12.1. The van der Waals surface area contributed by atoms with Gasteiger partial charge in [0.25, 0.3) is 0 Å². The van der Waals surface area contributed by atoms with Gasteiger partial charge in [-0.3, -0.25) is 0 Å². The highest BCUT2D eigenvalue weighted by molar-refractivity contribution is 5.74. The van der Waals surface area contributed by atoms with Gasteiger partial charge in [0, 0.05) is 19.1 Å². The fourth-order valence-electron chi connectivity index (χ4n) is 2.52. The lowest BCUT2D eigenvalue weighted by atomic mass is 10.1. The molecule has 0 bridgehead atoms. The zero-order valence-corrected chi connectivity index (χ0v) is 13.8. The Morgan fingerprint density at radius 1 is 1.17 bits per heavy atom. The van der Waals surface area contributed by atoms with Crippen molar-refractivity contribution in [2.75, 3.05) is 13.2 Å². The van der Waals surface area contributed by atoms with E-state index in [1.165, 1.54) is 6.07 Å². The van der Waals surface area contributed by atoms with Crippen molar-refractivity contribution in [1.82, 2.24) is 10.2 Å². The van der Waals surface area contributed by atoms with Gasteiger partial charge in [0.05, 0.1) is 6.61 Å². The molecule has 2 aromatic rings. The number of urea groups is 1. The molecule has 0 aromatic heterocycles. The Balaban J connectivity index is 1.95. The van der Waals surface area contributed by atoms with E-state index in [1.54, 1.807) is 23.1 Å². The number of carbonyl (C=O) groups excluding carboxylic acids is 1. The molecule has 0 radical (unpaired) electrons. The van der Waals surface area contributed by atoms with Crippen molar-refractivity contribution >= 4 is 6.03 Å². The number of benzene rings is 2. The molecule has 0 saturated carbocycles. The third-order valence-corrected chi connectivity index (χ3v) is 3.73. The minimum atomic E-state index is -0.268. The van der Waals surface area contributed by atoms with Crippen molar-refractivity contribution in [1.29, 1.82) is 0 Å². The van der Waals surface area contributed by atoms with Crippen LogP contribution >= 0.6 is 0 Å². The highest BCUT2D eigenvalue weighted by Gasteiger charge is 2.16. The number of halogens is 1. The first-order chi connectivity index (χ1) is 11.6. The van der Waals surface area contributed by atoms with E-state index in [-0.39, 0.29) is 31.0 Å². The summed E-state index contributed by atoms with van der Waals surface area (Å²) in [5.41, 5.74) is 1.56. The number of aliphatic hydroxyl groups is 1. The van der Waals surface area contributed by atoms with Crippen LogP contribution in [0.25, 0.3) is 0 Å². The van der Waals surface area contributed by atoms with Gasteiger partial charge in [-0.25, -0.2) is 9.18 Å². The van der Waals surface area contributed by atoms with E-state index in [0.29, 0.717) is 18.5 Å². The number of hydrogen-bond acceptors (Lipinski definition) is 2. The van der Waals surface area contributed by atoms with Crippen LogP contribution in [-0.2, 0) is 13.0 Å². The van der Waals surface area contributed by atoms with Gasteiger partial charge in [-0.2, -0.15) is 0 Å². The molecule has 1 atom stereocenters. The summed E-state index contributed by atoms with van der Waals surface area (Å²) in [6, 6.07) is 15.7. The number of hydrogen-bond donors (Lipinski definition) is 2. The van der Waals surface area contributed by atoms with Gasteiger partial charge in [-0.15, -0.1) is 0 Å². The second kappa shape index (κ2) is 9.03. The summed E-state index contributed by atoms with van der Waals surface area (Å²) in [6.07, 6.45) is 0.413. The van der Waals surface area contributed by atoms with Crippen LogP contribution in [0.2, 0.25) is 0 Å². The molecule has 4 nitrogen and oxygen atoms in total. The van der Waals surface area contributed by atoms with Crippen LogP contribution in [0, 0.1) is 5.82 Å². The molecule has 2 amide bonds. The summed E-state index contributed by atoms with van der Waals surface area (Å²) in [6.45, 7) is 2.39. The first kappa shape index (κ1) is 17.9. The Morgan fingerprint density at radius 2 is 1.83 bits per heavy atom. The van der Waals surface area contributed by atoms with E-state index in [1.807, 2.05) is 37.3 Å². The third kappa shape index (κ3) is 5.35. The Labute approximate surface area is 141 Å². The van der Waals surface area contributed by atoms with Crippen LogP contribution < -0.4 is 5.32 Å². The van der Waals surface area contributed by atoms with Gasteiger partial charge in [-0.1, -0.05) is 48.5 Å². The average molecular weight is 330 g/mol. The van der Waals surface area contributed by atoms with Crippen molar-refractivity contribution in [3.8, 4) is 0 Å². The molecule has 24 heavy (non-hydrogen) atoms. The predicted molar refractivity (Wildman–Crippen MR) is 92.0 cm³/mol. The third-order valence-electron chi connectivity index (χ3n) is 3.73. The second-order valence-corrected chi connectivity index (χ2v) is 5.78. The molecule has 0 aliphatic rings. The molecule has 0 spiro atoms. The van der Waals surface area contributed by atoms with Gasteiger partial charge in [0.2, 0.25) is 0 Å². The second-order valence-electron chi connectivity index (χ2n) is 5.78. The maximum Gasteiger partial charge on any atom is 0.317 e. The summed E-state index contributed by atoms with van der Waals surface area (Å²) in [5.74, 6) is -0.268. The monoisotopic (exact) mass is 330 g/mol. The van der Waals surface area contributed by atoms with Gasteiger partial charge >= 0.3 is 6.03 Å². The largest absolute Gasteiger partial charge is 0.395 e. The smallest absolute Gasteiger partial charge is 0.317 e. The van der Waals surface area contributed by atoms with E-state index >= 15 is 0 Å². The van der Waals surface area contributed by atoms with Crippen molar-refractivity contribution in [3.05, 3.63) is 71.5 Å². The quantitative estimate of drug-likeness (QED) is 0.820. The van der Waals surface area contributed by atoms with E-state index in [0.717, 1.165) is 5.56 Å². The molecule has 0 saturated heterocycles. The van der Waals surface area contributed by atoms with Gasteiger partial charge in [0.1, 0.15) is 5.82 Å². The fraction of sp³-hybridized carbons (Fsp3) is 0.316. The van der Waals surface area contributed by atoms with E-state index in [4.69, 9.17) is 0 Å². The number of rotatable bonds is 7. The van der Waals surface area contributed by atoms with Crippen LogP contribution in [-0.4, -0.2) is 35.2 Å². The maximum absolute atomic E-state index is 13.7. The molecule has 2 aromatic carbocycles. The Hall–Kier alpha value is -2.40. The van der Waals surface area contributed by atoms with Crippen molar-refractivity contribution in [2.45, 2.75) is 25.9 Å². The lowest BCUT2D eigenvalue weighted by Crippen LogP contribution is -2.45. The number of carbonyl (C=O) groups is 1. The molecule has 1 unspecified atom stereocenters. The number of amides is 2. The zero-order chi connectivity index (χ0) is 17.4. The lowest BCUT2D eigenvalue weighted by Gasteiger charge is -2.25. The molecule has 0 fully saturated rings. The average Bonchev–Trinajstić information content (AvgIpc) is 2.57. The molecular weight excluding hydrogens is 307 g/mol. The molecule has 0 heterocycles. The van der Waals surface area contributed by atoms with Crippen LogP contribution in [0.4, 0.5) is 9.18 Å². The maximum atomic E-state index is 13.7. The number of aliphatic hydroxyl groups excluding tert-OH is 1. The molecule has 5 heteroatoms. The normalized spacial score (nSPS) is 11.8. The molecule has 2 rings (SSSR count). The Kier molecular flexibility index (Phi) is 6.75. The highest BCUT2D eigenvalue weighted by Crippen LogP contribution is 2.10. The molecule has 128 valence electrons. The van der Waals surface area contributed by atoms with Crippen LogP contribution in [0.1, 0.15) is 18.1 Å². The molecule has 0 aliphatic carbocycles. The van der Waals surface area contributed by atoms with E-state index in [9.17, 15) is 14.3 Å². The summed E-state index contributed by atoms with van der Waals surface area (Å²) >= 11 is 0. The minimum absolute atomic E-state index is 0.109. The Bertz CT molecular complexity index is 649. The van der Waals surface area contributed by atoms with E-state index < -0.39 is 0 Å². The van der Waals surface area contributed by atoms with Crippen molar-refractivity contribution in [3.63, 3.8) is 0 Å². The number of nitrogens with one attached hydrogen (secondary N) is 1. The lowest BCUT2D eigenvalue weighted by molar-refractivity contribution is 0.171. The van der Waals surface area contributed by atoms with Crippen LogP contribution in [0.15, 0.2) is 54.6 Å². The predicted octanol–water partition coefficient (Wildman–Crippen LogP) is 2.96. The first-order valence-electron chi connectivity index (χ1n) is 8.03. The Morgan fingerprint density at radius 3 is 2.50 bits per heavy atom. The van der Waals surface area contributed by atoms with Gasteiger partial charge in [0.15, 0.2) is 0 Å². The first-order valence-corrected chi connectivity index (χ1v) is 8.03. The SMILES string of the molecule is CC(Cc1ccccc1F)NC(=O)N(CCO)Cc1ccccc1. The topological polar surface area (TPSA) is 52.6 Å². The summed E-state index contributed by atoms with van der Waals surface area (Å²) < 4.78 is 13.7. The molecular formula is C19H23FN2O2. The highest BCUT2D eigenvalue weighted by atomic mass is 19.1. The van der Waals surface area contributed by atoms with Gasteiger partial charge < -0.3 is 15.3 Å². The fourth-order valence-corrected chi connectivity index (χ4v) is 2.52. The van der Waals surface area contributed by atoms with Crippen LogP contribution in [0.3, 0.4) is 0 Å². The van der Waals surface area contributed by atoms with Crippen molar-refractivity contribution in [2.24, 2.45) is 0 Å². The molecule has 2 N–H and O–H groups in total. The van der Waals surface area contributed by atoms with Crippen LogP contribution in [0.5, 0.6) is 0 Å². The standard InChI is InChI=1S/C19H23FN2O2/c1-15(13-17-9-5-6-10-18(17)20)21-19(24)22(11-12-23)14-16-7-3-2-4-8-16/h2-10,15,23H,11-14H2,1H3,(H,21,24). The van der Waals surface area contributed by atoms with Gasteiger partial charge in [-0.05, 0) is 30.5 Å². The zero-order valence-electron chi connectivity index (χ0n) is 13.8. The molecule has 0 aliphatic heterocycles.